The largest absolute Gasteiger partial charge is 0.192 e. The van der Waals surface area contributed by atoms with Gasteiger partial charge < -0.3 is 0 Å². The molecule has 0 atom stereocenters. The molecule has 1 aliphatic rings. The van der Waals surface area contributed by atoms with E-state index in [0.29, 0.717) is 0 Å². The molecule has 1 heteroatoms. The van der Waals surface area contributed by atoms with E-state index in [1.165, 1.54) is 33.0 Å². The molecule has 4 rings (SSSR count). The van der Waals surface area contributed by atoms with E-state index in [2.05, 4.69) is 48.5 Å². The third-order valence-corrected chi connectivity index (χ3v) is 3.93. The molecule has 0 saturated carbocycles. The van der Waals surface area contributed by atoms with Crippen LogP contribution in [0.4, 0.5) is 0 Å². The molecule has 3 aromatic rings. The number of hydrogen-bond donors (Lipinski definition) is 0. The molecule has 3 aromatic carbocycles. The Bertz CT molecular complexity index is 853. The SMILES string of the molecule is N#Cc1cccc2c1Cc1cc3ccccc3cc1-2. The van der Waals surface area contributed by atoms with Crippen molar-refractivity contribution >= 4 is 10.8 Å². The van der Waals surface area contributed by atoms with Crippen molar-refractivity contribution in [3.05, 3.63) is 71.3 Å². The standard InChI is InChI=1S/C18H11N/c19-11-14-6-3-7-16-17(14)10-15-8-12-4-1-2-5-13(12)9-18(15)16/h1-9H,10H2. The number of benzene rings is 3. The van der Waals surface area contributed by atoms with Gasteiger partial charge in [0.25, 0.3) is 0 Å². The minimum absolute atomic E-state index is 0.803. The Kier molecular flexibility index (Phi) is 2.01. The van der Waals surface area contributed by atoms with Gasteiger partial charge in [0, 0.05) is 0 Å². The van der Waals surface area contributed by atoms with E-state index in [0.717, 1.165) is 12.0 Å². The minimum Gasteiger partial charge on any atom is -0.192 e. The lowest BCUT2D eigenvalue weighted by molar-refractivity contribution is 1.25. The Morgan fingerprint density at radius 3 is 2.42 bits per heavy atom. The van der Waals surface area contributed by atoms with Crippen LogP contribution in [0.2, 0.25) is 0 Å². The predicted molar refractivity (Wildman–Crippen MR) is 76.9 cm³/mol. The first-order valence-electron chi connectivity index (χ1n) is 6.41. The van der Waals surface area contributed by atoms with E-state index >= 15 is 0 Å². The van der Waals surface area contributed by atoms with Gasteiger partial charge in [0.15, 0.2) is 0 Å². The van der Waals surface area contributed by atoms with Crippen LogP contribution < -0.4 is 0 Å². The molecule has 0 amide bonds. The quantitative estimate of drug-likeness (QED) is 0.450. The van der Waals surface area contributed by atoms with Gasteiger partial charge in [0.2, 0.25) is 0 Å². The van der Waals surface area contributed by atoms with Crippen LogP contribution in [0.1, 0.15) is 16.7 Å². The zero-order chi connectivity index (χ0) is 12.8. The highest BCUT2D eigenvalue weighted by Crippen LogP contribution is 2.40. The maximum Gasteiger partial charge on any atom is 0.0994 e. The molecule has 1 nitrogen and oxygen atoms in total. The smallest absolute Gasteiger partial charge is 0.0994 e. The molecule has 0 spiro atoms. The lowest BCUT2D eigenvalue weighted by Gasteiger charge is -2.04. The number of fused-ring (bicyclic) bond motifs is 4. The summed E-state index contributed by atoms with van der Waals surface area (Å²) in [5.74, 6) is 0. The zero-order valence-corrected chi connectivity index (χ0v) is 10.4. The van der Waals surface area contributed by atoms with Gasteiger partial charge >= 0.3 is 0 Å². The van der Waals surface area contributed by atoms with Crippen molar-refractivity contribution in [3.8, 4) is 17.2 Å². The summed E-state index contributed by atoms with van der Waals surface area (Å²) in [6.45, 7) is 0. The fourth-order valence-electron chi connectivity index (χ4n) is 3.01. The summed E-state index contributed by atoms with van der Waals surface area (Å²) in [5.41, 5.74) is 5.81. The second-order valence-electron chi connectivity index (χ2n) is 4.98. The van der Waals surface area contributed by atoms with Crippen LogP contribution in [0.3, 0.4) is 0 Å². The molecule has 1 aliphatic carbocycles. The lowest BCUT2D eigenvalue weighted by atomic mass is 10.00. The van der Waals surface area contributed by atoms with Crippen LogP contribution in [0.15, 0.2) is 54.6 Å². The van der Waals surface area contributed by atoms with Gasteiger partial charge in [-0.15, -0.1) is 0 Å². The summed E-state index contributed by atoms with van der Waals surface area (Å²) in [7, 11) is 0. The van der Waals surface area contributed by atoms with Crippen molar-refractivity contribution in [1.29, 1.82) is 5.26 Å². The van der Waals surface area contributed by atoms with Gasteiger partial charge in [0.05, 0.1) is 11.6 Å². The van der Waals surface area contributed by atoms with Crippen LogP contribution in [-0.4, -0.2) is 0 Å². The van der Waals surface area contributed by atoms with Crippen molar-refractivity contribution in [1.82, 2.24) is 0 Å². The van der Waals surface area contributed by atoms with Gasteiger partial charge in [-0.05, 0) is 51.6 Å². The van der Waals surface area contributed by atoms with E-state index in [1.54, 1.807) is 0 Å². The molecule has 0 radical (unpaired) electrons. The Labute approximate surface area is 111 Å². The maximum absolute atomic E-state index is 9.22. The topological polar surface area (TPSA) is 23.8 Å². The predicted octanol–water partition coefficient (Wildman–Crippen LogP) is 4.28. The molecular formula is C18H11N. The minimum atomic E-state index is 0.803. The van der Waals surface area contributed by atoms with Crippen LogP contribution in [0.25, 0.3) is 21.9 Å². The highest BCUT2D eigenvalue weighted by atomic mass is 14.3. The Hall–Kier alpha value is -2.59. The Morgan fingerprint density at radius 2 is 1.63 bits per heavy atom. The monoisotopic (exact) mass is 241 g/mol. The fourth-order valence-corrected chi connectivity index (χ4v) is 3.01. The Morgan fingerprint density at radius 1 is 0.842 bits per heavy atom. The first-order chi connectivity index (χ1) is 9.36. The Balaban J connectivity index is 2.05. The molecule has 0 fully saturated rings. The fraction of sp³-hybridized carbons (Fsp3) is 0.0556. The van der Waals surface area contributed by atoms with Gasteiger partial charge in [0.1, 0.15) is 0 Å². The van der Waals surface area contributed by atoms with E-state index in [9.17, 15) is 5.26 Å². The summed E-state index contributed by atoms with van der Waals surface area (Å²) in [6, 6.07) is 21.2. The van der Waals surface area contributed by atoms with Crippen LogP contribution in [0.5, 0.6) is 0 Å². The highest BCUT2D eigenvalue weighted by Gasteiger charge is 2.21. The normalized spacial score (nSPS) is 11.9. The molecule has 0 aliphatic heterocycles. The lowest BCUT2D eigenvalue weighted by Crippen LogP contribution is -1.86. The van der Waals surface area contributed by atoms with Crippen molar-refractivity contribution in [2.24, 2.45) is 0 Å². The first kappa shape index (κ1) is 10.3. The van der Waals surface area contributed by atoms with Crippen molar-refractivity contribution < 1.29 is 0 Å². The second-order valence-corrected chi connectivity index (χ2v) is 4.98. The molecule has 19 heavy (non-hydrogen) atoms. The summed E-state index contributed by atoms with van der Waals surface area (Å²) in [6.07, 6.45) is 0.874. The molecule has 0 bridgehead atoms. The molecule has 88 valence electrons. The van der Waals surface area contributed by atoms with E-state index in [-0.39, 0.29) is 0 Å². The third-order valence-electron chi connectivity index (χ3n) is 3.93. The van der Waals surface area contributed by atoms with E-state index < -0.39 is 0 Å². The molecule has 0 N–H and O–H groups in total. The number of rotatable bonds is 0. The van der Waals surface area contributed by atoms with Crippen LogP contribution in [-0.2, 0) is 6.42 Å². The van der Waals surface area contributed by atoms with Crippen LogP contribution >= 0.6 is 0 Å². The van der Waals surface area contributed by atoms with E-state index in [1.807, 2.05) is 12.1 Å². The highest BCUT2D eigenvalue weighted by molar-refractivity contribution is 5.92. The zero-order valence-electron chi connectivity index (χ0n) is 10.4. The van der Waals surface area contributed by atoms with Gasteiger partial charge in [-0.1, -0.05) is 42.5 Å². The summed E-state index contributed by atoms with van der Waals surface area (Å²) in [4.78, 5) is 0. The molecular weight excluding hydrogens is 230 g/mol. The van der Waals surface area contributed by atoms with Crippen molar-refractivity contribution in [2.45, 2.75) is 6.42 Å². The van der Waals surface area contributed by atoms with Gasteiger partial charge in [-0.3, -0.25) is 0 Å². The second kappa shape index (κ2) is 3.70. The van der Waals surface area contributed by atoms with Gasteiger partial charge in [-0.25, -0.2) is 0 Å². The molecule has 0 saturated heterocycles. The molecule has 0 unspecified atom stereocenters. The average molecular weight is 241 g/mol. The number of nitrogens with zero attached hydrogens (tertiary/aromatic N) is 1. The molecule has 0 heterocycles. The summed E-state index contributed by atoms with van der Waals surface area (Å²) >= 11 is 0. The van der Waals surface area contributed by atoms with Crippen molar-refractivity contribution in [2.75, 3.05) is 0 Å². The summed E-state index contributed by atoms with van der Waals surface area (Å²) in [5, 5.41) is 11.8. The van der Waals surface area contributed by atoms with Crippen LogP contribution in [0, 0.1) is 11.3 Å². The first-order valence-corrected chi connectivity index (χ1v) is 6.41. The number of hydrogen-bond acceptors (Lipinski definition) is 1. The third kappa shape index (κ3) is 1.41. The maximum atomic E-state index is 9.22. The summed E-state index contributed by atoms with van der Waals surface area (Å²) < 4.78 is 0. The average Bonchev–Trinajstić information content (AvgIpc) is 2.82. The molecule has 0 aromatic heterocycles. The number of nitriles is 1. The van der Waals surface area contributed by atoms with Crippen molar-refractivity contribution in [3.63, 3.8) is 0 Å². The van der Waals surface area contributed by atoms with Gasteiger partial charge in [-0.2, -0.15) is 5.26 Å². The van der Waals surface area contributed by atoms with E-state index in [4.69, 9.17) is 0 Å².